The van der Waals surface area contributed by atoms with Crippen LogP contribution < -0.4 is 5.43 Å². The predicted molar refractivity (Wildman–Crippen MR) is 74.5 cm³/mol. The number of aryl methyl sites for hydroxylation is 1. The topological polar surface area (TPSA) is 24.4 Å². The molecule has 1 aromatic carbocycles. The van der Waals surface area contributed by atoms with Crippen molar-refractivity contribution in [2.45, 2.75) is 20.4 Å². The van der Waals surface area contributed by atoms with E-state index in [0.717, 1.165) is 12.3 Å². The van der Waals surface area contributed by atoms with Gasteiger partial charge in [-0.3, -0.25) is 0 Å². The molecule has 0 aliphatic rings. The summed E-state index contributed by atoms with van der Waals surface area (Å²) in [5.41, 5.74) is 6.68. The SMILES string of the molecule is C/C(=N\NCc1ccccc1)c1cc(C)cs1. The van der Waals surface area contributed by atoms with Gasteiger partial charge in [0.15, 0.2) is 0 Å². The van der Waals surface area contributed by atoms with Gasteiger partial charge in [0.05, 0.1) is 17.1 Å². The van der Waals surface area contributed by atoms with Crippen LogP contribution in [0.4, 0.5) is 0 Å². The van der Waals surface area contributed by atoms with Gasteiger partial charge in [-0.05, 0) is 36.4 Å². The van der Waals surface area contributed by atoms with Crippen molar-refractivity contribution in [3.05, 3.63) is 57.8 Å². The molecule has 0 radical (unpaired) electrons. The maximum atomic E-state index is 4.38. The van der Waals surface area contributed by atoms with Gasteiger partial charge in [-0.1, -0.05) is 30.3 Å². The van der Waals surface area contributed by atoms with Crippen molar-refractivity contribution in [2.24, 2.45) is 5.10 Å². The lowest BCUT2D eigenvalue weighted by molar-refractivity contribution is 0.744. The van der Waals surface area contributed by atoms with Gasteiger partial charge < -0.3 is 5.43 Å². The molecule has 2 rings (SSSR count). The Morgan fingerprint density at radius 1 is 1.29 bits per heavy atom. The maximum Gasteiger partial charge on any atom is 0.0743 e. The number of thiophene rings is 1. The van der Waals surface area contributed by atoms with E-state index in [9.17, 15) is 0 Å². The van der Waals surface area contributed by atoms with E-state index in [1.54, 1.807) is 11.3 Å². The summed E-state index contributed by atoms with van der Waals surface area (Å²) < 4.78 is 0. The van der Waals surface area contributed by atoms with Gasteiger partial charge in [-0.15, -0.1) is 11.3 Å². The highest BCUT2D eigenvalue weighted by atomic mass is 32.1. The molecule has 0 amide bonds. The van der Waals surface area contributed by atoms with Gasteiger partial charge in [0.1, 0.15) is 0 Å². The molecule has 0 saturated carbocycles. The first-order valence-electron chi connectivity index (χ1n) is 5.62. The van der Waals surface area contributed by atoms with Crippen molar-refractivity contribution in [2.75, 3.05) is 0 Å². The summed E-state index contributed by atoms with van der Waals surface area (Å²) in [6.07, 6.45) is 0. The van der Waals surface area contributed by atoms with Crippen molar-refractivity contribution in [3.63, 3.8) is 0 Å². The molecule has 0 unspecified atom stereocenters. The van der Waals surface area contributed by atoms with Gasteiger partial charge in [-0.25, -0.2) is 0 Å². The molecule has 1 heterocycles. The molecule has 1 N–H and O–H groups in total. The predicted octanol–water partition coefficient (Wildman–Crippen LogP) is 3.57. The number of hydrazone groups is 1. The first kappa shape index (κ1) is 11.9. The van der Waals surface area contributed by atoms with Crippen molar-refractivity contribution in [1.29, 1.82) is 0 Å². The smallest absolute Gasteiger partial charge is 0.0743 e. The summed E-state index contributed by atoms with van der Waals surface area (Å²) in [4.78, 5) is 1.23. The number of nitrogens with one attached hydrogen (secondary N) is 1. The fourth-order valence-corrected chi connectivity index (χ4v) is 2.37. The van der Waals surface area contributed by atoms with Gasteiger partial charge >= 0.3 is 0 Å². The molecular formula is C14H16N2S. The number of hydrogen-bond donors (Lipinski definition) is 1. The Bertz CT molecular complexity index is 500. The van der Waals surface area contributed by atoms with E-state index in [4.69, 9.17) is 0 Å². The second kappa shape index (κ2) is 5.64. The summed E-state index contributed by atoms with van der Waals surface area (Å²) in [6.45, 7) is 4.90. The van der Waals surface area contributed by atoms with Gasteiger partial charge in [0, 0.05) is 0 Å². The Morgan fingerprint density at radius 3 is 2.71 bits per heavy atom. The Kier molecular flexibility index (Phi) is 3.94. The van der Waals surface area contributed by atoms with Crippen LogP contribution in [-0.4, -0.2) is 5.71 Å². The Morgan fingerprint density at radius 2 is 2.06 bits per heavy atom. The summed E-state index contributed by atoms with van der Waals surface area (Å²) in [6, 6.07) is 12.4. The van der Waals surface area contributed by atoms with E-state index in [2.05, 4.69) is 41.0 Å². The van der Waals surface area contributed by atoms with Crippen molar-refractivity contribution in [1.82, 2.24) is 5.43 Å². The van der Waals surface area contributed by atoms with E-state index in [-0.39, 0.29) is 0 Å². The standard InChI is InChI=1S/C14H16N2S/c1-11-8-14(17-10-11)12(2)16-15-9-13-6-4-3-5-7-13/h3-8,10,15H,9H2,1-2H3/b16-12+. The Hall–Kier alpha value is -1.61. The van der Waals surface area contributed by atoms with Crippen LogP contribution in [-0.2, 0) is 6.54 Å². The molecule has 0 spiro atoms. The van der Waals surface area contributed by atoms with Gasteiger partial charge in [-0.2, -0.15) is 5.10 Å². The fourth-order valence-electron chi connectivity index (χ4n) is 1.52. The van der Waals surface area contributed by atoms with E-state index in [0.29, 0.717) is 0 Å². The van der Waals surface area contributed by atoms with Crippen LogP contribution in [0, 0.1) is 6.92 Å². The third-order valence-electron chi connectivity index (χ3n) is 2.46. The molecule has 1 aromatic heterocycles. The van der Waals surface area contributed by atoms with Crippen LogP contribution >= 0.6 is 11.3 Å². The van der Waals surface area contributed by atoms with Crippen LogP contribution in [0.2, 0.25) is 0 Å². The van der Waals surface area contributed by atoms with Crippen LogP contribution in [0.15, 0.2) is 46.9 Å². The zero-order chi connectivity index (χ0) is 12.1. The highest BCUT2D eigenvalue weighted by molar-refractivity contribution is 7.12. The minimum absolute atomic E-state index is 0.766. The third kappa shape index (κ3) is 3.43. The number of rotatable bonds is 4. The third-order valence-corrected chi connectivity index (χ3v) is 3.62. The fraction of sp³-hybridized carbons (Fsp3) is 0.214. The average Bonchev–Trinajstić information content (AvgIpc) is 2.77. The molecule has 88 valence electrons. The largest absolute Gasteiger partial charge is 0.305 e. The van der Waals surface area contributed by atoms with Crippen LogP contribution in [0.5, 0.6) is 0 Å². The zero-order valence-corrected chi connectivity index (χ0v) is 10.9. The zero-order valence-electron chi connectivity index (χ0n) is 10.1. The van der Waals surface area contributed by atoms with Crippen molar-refractivity contribution in [3.8, 4) is 0 Å². The second-order valence-electron chi connectivity index (χ2n) is 4.01. The lowest BCUT2D eigenvalue weighted by atomic mass is 10.2. The van der Waals surface area contributed by atoms with Crippen LogP contribution in [0.25, 0.3) is 0 Å². The van der Waals surface area contributed by atoms with Gasteiger partial charge in [0.2, 0.25) is 0 Å². The molecule has 0 atom stereocenters. The van der Waals surface area contributed by atoms with E-state index in [1.807, 2.05) is 25.1 Å². The molecule has 0 bridgehead atoms. The highest BCUT2D eigenvalue weighted by Crippen LogP contribution is 2.14. The lowest BCUT2D eigenvalue weighted by Gasteiger charge is -2.02. The van der Waals surface area contributed by atoms with Crippen LogP contribution in [0.1, 0.15) is 22.9 Å². The quantitative estimate of drug-likeness (QED) is 0.645. The first-order valence-corrected chi connectivity index (χ1v) is 6.50. The Labute approximate surface area is 106 Å². The maximum absolute atomic E-state index is 4.38. The molecular weight excluding hydrogens is 228 g/mol. The number of hydrogen-bond acceptors (Lipinski definition) is 3. The molecule has 0 aliphatic carbocycles. The van der Waals surface area contributed by atoms with Gasteiger partial charge in [0.25, 0.3) is 0 Å². The molecule has 2 aromatic rings. The minimum Gasteiger partial charge on any atom is -0.305 e. The monoisotopic (exact) mass is 244 g/mol. The van der Waals surface area contributed by atoms with Crippen molar-refractivity contribution >= 4 is 17.0 Å². The molecule has 2 nitrogen and oxygen atoms in total. The average molecular weight is 244 g/mol. The first-order chi connectivity index (χ1) is 8.25. The van der Waals surface area contributed by atoms with Crippen molar-refractivity contribution < 1.29 is 0 Å². The minimum atomic E-state index is 0.766. The second-order valence-corrected chi connectivity index (χ2v) is 4.92. The summed E-state index contributed by atoms with van der Waals surface area (Å²) >= 11 is 1.73. The molecule has 0 fully saturated rings. The summed E-state index contributed by atoms with van der Waals surface area (Å²) in [5.74, 6) is 0. The summed E-state index contributed by atoms with van der Waals surface area (Å²) in [7, 11) is 0. The number of nitrogens with zero attached hydrogens (tertiary/aromatic N) is 1. The van der Waals surface area contributed by atoms with E-state index in [1.165, 1.54) is 16.0 Å². The molecule has 0 aliphatic heterocycles. The van der Waals surface area contributed by atoms with E-state index < -0.39 is 0 Å². The highest BCUT2D eigenvalue weighted by Gasteiger charge is 1.99. The Balaban J connectivity index is 1.93. The summed E-state index contributed by atoms with van der Waals surface area (Å²) in [5, 5.41) is 6.52. The normalized spacial score (nSPS) is 11.5. The van der Waals surface area contributed by atoms with E-state index >= 15 is 0 Å². The van der Waals surface area contributed by atoms with Crippen LogP contribution in [0.3, 0.4) is 0 Å². The number of benzene rings is 1. The lowest BCUT2D eigenvalue weighted by Crippen LogP contribution is -2.08. The molecule has 0 saturated heterocycles. The molecule has 17 heavy (non-hydrogen) atoms. The molecule has 3 heteroatoms.